The molecule has 4 heteroatoms. The highest BCUT2D eigenvalue weighted by Crippen LogP contribution is 2.06. The Bertz CT molecular complexity index is 739. The first-order valence-corrected chi connectivity index (χ1v) is 6.10. The summed E-state index contributed by atoms with van der Waals surface area (Å²) in [5.74, 6) is 0. The summed E-state index contributed by atoms with van der Waals surface area (Å²) in [6.07, 6.45) is 1.75. The monoisotopic (exact) mass is 252 g/mol. The predicted molar refractivity (Wildman–Crippen MR) is 72.7 cm³/mol. The molecule has 0 unspecified atom stereocenters. The number of aryl methyl sites for hydroxylation is 1. The molecule has 0 atom stereocenters. The Morgan fingerprint density at radius 1 is 1.00 bits per heavy atom. The molecule has 94 valence electrons. The van der Waals surface area contributed by atoms with Crippen molar-refractivity contribution in [3.63, 3.8) is 0 Å². The minimum absolute atomic E-state index is 0.160. The van der Waals surface area contributed by atoms with Crippen molar-refractivity contribution >= 4 is 0 Å². The van der Waals surface area contributed by atoms with Crippen LogP contribution in [0.3, 0.4) is 0 Å². The van der Waals surface area contributed by atoms with E-state index < -0.39 is 0 Å². The maximum Gasteiger partial charge on any atom is 0.449 e. The number of para-hydroxylation sites is 1. The molecule has 1 N–H and O–H groups in total. The number of hydrogen-bond donors (Lipinski definition) is 1. The first-order valence-electron chi connectivity index (χ1n) is 6.10. The Kier molecular flexibility index (Phi) is 2.76. The lowest BCUT2D eigenvalue weighted by atomic mass is 10.2. The van der Waals surface area contributed by atoms with Gasteiger partial charge in [0.25, 0.3) is 6.33 Å². The summed E-state index contributed by atoms with van der Waals surface area (Å²) in [4.78, 5) is 12.0. The van der Waals surface area contributed by atoms with Crippen LogP contribution in [-0.4, -0.2) is 9.67 Å². The van der Waals surface area contributed by atoms with Crippen LogP contribution in [0.4, 0.5) is 0 Å². The molecule has 4 nitrogen and oxygen atoms in total. The summed E-state index contributed by atoms with van der Waals surface area (Å²) >= 11 is 0. The van der Waals surface area contributed by atoms with E-state index in [1.807, 2.05) is 61.5 Å². The van der Waals surface area contributed by atoms with Crippen molar-refractivity contribution in [2.75, 3.05) is 0 Å². The van der Waals surface area contributed by atoms with E-state index in [-0.39, 0.29) is 5.69 Å². The summed E-state index contributed by atoms with van der Waals surface area (Å²) in [5, 5.41) is 2.80. The number of nitrogens with one attached hydrogen (secondary N) is 1. The van der Waals surface area contributed by atoms with Gasteiger partial charge in [-0.1, -0.05) is 35.9 Å². The second-order valence-corrected chi connectivity index (χ2v) is 4.44. The SMILES string of the molecule is Cc1ccc(-n2c[n+](-c3ccccc3)[nH]c2=O)cc1. The van der Waals surface area contributed by atoms with Crippen LogP contribution in [0.1, 0.15) is 5.56 Å². The minimum Gasteiger partial charge on any atom is -0.216 e. The summed E-state index contributed by atoms with van der Waals surface area (Å²) in [5.41, 5.74) is 2.78. The van der Waals surface area contributed by atoms with E-state index in [0.29, 0.717) is 0 Å². The molecule has 0 aliphatic carbocycles. The number of nitrogens with zero attached hydrogens (tertiary/aromatic N) is 2. The van der Waals surface area contributed by atoms with Crippen molar-refractivity contribution in [1.82, 2.24) is 9.67 Å². The molecular formula is C15H14N3O+. The number of benzene rings is 2. The van der Waals surface area contributed by atoms with E-state index in [9.17, 15) is 4.79 Å². The lowest BCUT2D eigenvalue weighted by Gasteiger charge is -1.94. The summed E-state index contributed by atoms with van der Waals surface area (Å²) in [6, 6.07) is 17.5. The van der Waals surface area contributed by atoms with Gasteiger partial charge in [-0.05, 0) is 31.2 Å². The Balaban J connectivity index is 2.08. The van der Waals surface area contributed by atoms with Crippen molar-refractivity contribution < 1.29 is 4.68 Å². The number of hydrogen-bond acceptors (Lipinski definition) is 1. The van der Waals surface area contributed by atoms with Gasteiger partial charge in [-0.25, -0.2) is 4.79 Å². The normalized spacial score (nSPS) is 10.6. The van der Waals surface area contributed by atoms with Crippen molar-refractivity contribution in [1.29, 1.82) is 0 Å². The van der Waals surface area contributed by atoms with Gasteiger partial charge in [0.05, 0.1) is 0 Å². The molecule has 0 spiro atoms. The molecule has 2 aromatic carbocycles. The summed E-state index contributed by atoms with van der Waals surface area (Å²) in [7, 11) is 0. The third-order valence-electron chi connectivity index (χ3n) is 3.01. The van der Waals surface area contributed by atoms with Crippen LogP contribution in [0, 0.1) is 6.92 Å². The molecule has 0 bridgehead atoms. The Hall–Kier alpha value is -2.62. The van der Waals surface area contributed by atoms with E-state index in [0.717, 1.165) is 11.4 Å². The average molecular weight is 252 g/mol. The van der Waals surface area contributed by atoms with E-state index in [1.54, 1.807) is 15.6 Å². The van der Waals surface area contributed by atoms with Gasteiger partial charge >= 0.3 is 5.69 Å². The number of rotatable bonds is 2. The summed E-state index contributed by atoms with van der Waals surface area (Å²) < 4.78 is 3.30. The van der Waals surface area contributed by atoms with Crippen LogP contribution in [-0.2, 0) is 0 Å². The highest BCUT2D eigenvalue weighted by atomic mass is 16.1. The summed E-state index contributed by atoms with van der Waals surface area (Å²) in [6.45, 7) is 2.02. The van der Waals surface area contributed by atoms with Gasteiger partial charge in [0, 0.05) is 0 Å². The lowest BCUT2D eigenvalue weighted by molar-refractivity contribution is -0.658. The maximum absolute atomic E-state index is 12.0. The Labute approximate surface area is 110 Å². The molecule has 0 saturated heterocycles. The first-order chi connectivity index (χ1) is 9.24. The van der Waals surface area contributed by atoms with Crippen LogP contribution >= 0.6 is 0 Å². The van der Waals surface area contributed by atoms with Gasteiger partial charge in [0.15, 0.2) is 5.69 Å². The number of aromatic amines is 1. The van der Waals surface area contributed by atoms with Crippen molar-refractivity contribution in [2.45, 2.75) is 6.92 Å². The number of aromatic nitrogens is 3. The molecule has 3 rings (SSSR count). The van der Waals surface area contributed by atoms with Crippen LogP contribution < -0.4 is 10.4 Å². The van der Waals surface area contributed by atoms with E-state index in [4.69, 9.17) is 0 Å². The fourth-order valence-corrected chi connectivity index (χ4v) is 1.96. The van der Waals surface area contributed by atoms with Gasteiger partial charge in [0.1, 0.15) is 5.69 Å². The molecular weight excluding hydrogens is 238 g/mol. The fourth-order valence-electron chi connectivity index (χ4n) is 1.96. The van der Waals surface area contributed by atoms with E-state index >= 15 is 0 Å². The smallest absolute Gasteiger partial charge is 0.216 e. The molecule has 0 aliphatic heterocycles. The Morgan fingerprint density at radius 2 is 1.68 bits per heavy atom. The first kappa shape index (κ1) is 11.5. The van der Waals surface area contributed by atoms with Gasteiger partial charge in [-0.2, -0.15) is 0 Å². The zero-order valence-corrected chi connectivity index (χ0v) is 10.6. The second-order valence-electron chi connectivity index (χ2n) is 4.44. The molecule has 0 saturated carbocycles. The Morgan fingerprint density at radius 3 is 2.37 bits per heavy atom. The fraction of sp³-hybridized carbons (Fsp3) is 0.0667. The third-order valence-corrected chi connectivity index (χ3v) is 3.01. The molecule has 0 amide bonds. The molecule has 1 heterocycles. The lowest BCUT2D eigenvalue weighted by Crippen LogP contribution is -2.33. The van der Waals surface area contributed by atoms with Crippen LogP contribution in [0.2, 0.25) is 0 Å². The van der Waals surface area contributed by atoms with Crippen LogP contribution in [0.5, 0.6) is 0 Å². The zero-order chi connectivity index (χ0) is 13.2. The second kappa shape index (κ2) is 4.57. The van der Waals surface area contributed by atoms with Crippen molar-refractivity contribution in [3.8, 4) is 11.4 Å². The van der Waals surface area contributed by atoms with Gasteiger partial charge in [-0.3, -0.25) is 0 Å². The highest BCUT2D eigenvalue weighted by Gasteiger charge is 2.13. The van der Waals surface area contributed by atoms with Crippen molar-refractivity contribution in [3.05, 3.63) is 77.0 Å². The van der Waals surface area contributed by atoms with Crippen LogP contribution in [0.25, 0.3) is 11.4 Å². The highest BCUT2D eigenvalue weighted by molar-refractivity contribution is 5.33. The van der Waals surface area contributed by atoms with E-state index in [2.05, 4.69) is 5.10 Å². The van der Waals surface area contributed by atoms with Gasteiger partial charge < -0.3 is 0 Å². The maximum atomic E-state index is 12.0. The average Bonchev–Trinajstić information content (AvgIpc) is 2.83. The van der Waals surface area contributed by atoms with E-state index in [1.165, 1.54) is 5.56 Å². The van der Waals surface area contributed by atoms with Gasteiger partial charge in [-0.15, -0.1) is 14.3 Å². The molecule has 1 aromatic heterocycles. The molecule has 0 aliphatic rings. The predicted octanol–water partition coefficient (Wildman–Crippen LogP) is 1.75. The number of H-pyrrole nitrogens is 1. The minimum atomic E-state index is -0.160. The topological polar surface area (TPSA) is 41.7 Å². The molecule has 0 radical (unpaired) electrons. The standard InChI is InChI=1S/C15H13N3O/c1-12-7-9-13(10-8-12)17-11-18(16-15(17)19)14-5-3-2-4-6-14/h2-11H,1H3/p+1. The van der Waals surface area contributed by atoms with Crippen LogP contribution in [0.15, 0.2) is 65.7 Å². The zero-order valence-electron chi connectivity index (χ0n) is 10.6. The molecule has 3 aromatic rings. The largest absolute Gasteiger partial charge is 0.449 e. The quantitative estimate of drug-likeness (QED) is 0.694. The van der Waals surface area contributed by atoms with Crippen molar-refractivity contribution in [2.24, 2.45) is 0 Å². The molecule has 19 heavy (non-hydrogen) atoms. The third kappa shape index (κ3) is 2.20. The molecule has 0 fully saturated rings. The van der Waals surface area contributed by atoms with Gasteiger partial charge in [0.2, 0.25) is 0 Å².